The van der Waals surface area contributed by atoms with Crippen LogP contribution in [-0.4, -0.2) is 19.0 Å². The smallest absolute Gasteiger partial charge is 0.253 e. The molecule has 2 unspecified atom stereocenters. The fraction of sp³-hybridized carbons (Fsp3) is 0.611. The molecule has 0 bridgehead atoms. The molecule has 2 atom stereocenters. The van der Waals surface area contributed by atoms with Crippen molar-refractivity contribution in [3.05, 3.63) is 29.3 Å². The first-order valence-electron chi connectivity index (χ1n) is 8.12. The van der Waals surface area contributed by atoms with Gasteiger partial charge in [-0.25, -0.2) is 0 Å². The monoisotopic (exact) mass is 288 g/mol. The first-order valence-corrected chi connectivity index (χ1v) is 8.12. The molecule has 2 N–H and O–H groups in total. The Hall–Kier alpha value is -1.51. The van der Waals surface area contributed by atoms with Crippen molar-refractivity contribution < 1.29 is 4.79 Å². The average molecular weight is 288 g/mol. The Labute approximate surface area is 128 Å². The van der Waals surface area contributed by atoms with Crippen molar-refractivity contribution in [2.75, 3.05) is 12.4 Å². The summed E-state index contributed by atoms with van der Waals surface area (Å²) in [6.07, 6.45) is 4.85. The van der Waals surface area contributed by atoms with E-state index in [1.54, 1.807) is 0 Å². The van der Waals surface area contributed by atoms with Crippen molar-refractivity contribution in [1.29, 1.82) is 0 Å². The minimum Gasteiger partial charge on any atom is -0.387 e. The van der Waals surface area contributed by atoms with Crippen LogP contribution in [0.2, 0.25) is 0 Å². The maximum atomic E-state index is 12.7. The van der Waals surface area contributed by atoms with Gasteiger partial charge in [0.2, 0.25) is 0 Å². The number of nitrogens with one attached hydrogen (secondary N) is 2. The van der Waals surface area contributed by atoms with E-state index in [0.717, 1.165) is 23.2 Å². The van der Waals surface area contributed by atoms with Gasteiger partial charge in [-0.2, -0.15) is 0 Å². The number of carbonyl (C=O) groups excluding carboxylic acids is 1. The van der Waals surface area contributed by atoms with Crippen LogP contribution in [0.1, 0.15) is 55.5 Å². The van der Waals surface area contributed by atoms with E-state index >= 15 is 0 Å². The molecule has 0 radical (unpaired) electrons. The molecule has 1 aliphatic carbocycles. The number of rotatable bonds is 4. The van der Waals surface area contributed by atoms with Gasteiger partial charge in [0.05, 0.1) is 5.56 Å². The van der Waals surface area contributed by atoms with Crippen molar-refractivity contribution in [2.45, 2.75) is 52.5 Å². The van der Waals surface area contributed by atoms with Crippen molar-refractivity contribution >= 4 is 11.6 Å². The van der Waals surface area contributed by atoms with E-state index in [-0.39, 0.29) is 5.91 Å². The quantitative estimate of drug-likeness (QED) is 0.880. The summed E-state index contributed by atoms with van der Waals surface area (Å²) < 4.78 is 0. The van der Waals surface area contributed by atoms with Crippen LogP contribution in [-0.2, 0) is 0 Å². The maximum Gasteiger partial charge on any atom is 0.253 e. The Morgan fingerprint density at radius 3 is 2.62 bits per heavy atom. The molecule has 0 saturated heterocycles. The molecule has 3 nitrogen and oxygen atoms in total. The SMILES string of the molecule is CNc1ccc(C)cc1C(=O)NC1CCCCC1C(C)C. The van der Waals surface area contributed by atoms with Gasteiger partial charge in [-0.3, -0.25) is 4.79 Å². The van der Waals surface area contributed by atoms with Crippen molar-refractivity contribution in [3.8, 4) is 0 Å². The molecular formula is C18H28N2O. The number of carbonyl (C=O) groups is 1. The third-order valence-electron chi connectivity index (χ3n) is 4.68. The highest BCUT2D eigenvalue weighted by Gasteiger charge is 2.29. The molecule has 0 aromatic heterocycles. The molecule has 1 aromatic carbocycles. The Kier molecular flexibility index (Phi) is 5.27. The highest BCUT2D eigenvalue weighted by atomic mass is 16.1. The van der Waals surface area contributed by atoms with E-state index < -0.39 is 0 Å². The highest BCUT2D eigenvalue weighted by Crippen LogP contribution is 2.30. The van der Waals surface area contributed by atoms with Crippen LogP contribution in [0, 0.1) is 18.8 Å². The van der Waals surface area contributed by atoms with Crippen LogP contribution in [0.15, 0.2) is 18.2 Å². The zero-order chi connectivity index (χ0) is 15.4. The van der Waals surface area contributed by atoms with Gasteiger partial charge in [0.1, 0.15) is 0 Å². The number of aryl methyl sites for hydroxylation is 1. The van der Waals surface area contributed by atoms with Gasteiger partial charge in [0.25, 0.3) is 5.91 Å². The number of hydrogen-bond donors (Lipinski definition) is 2. The zero-order valence-corrected chi connectivity index (χ0v) is 13.7. The molecule has 0 aliphatic heterocycles. The van der Waals surface area contributed by atoms with E-state index in [0.29, 0.717) is 17.9 Å². The van der Waals surface area contributed by atoms with Crippen molar-refractivity contribution in [2.24, 2.45) is 11.8 Å². The van der Waals surface area contributed by atoms with Gasteiger partial charge in [-0.1, -0.05) is 38.3 Å². The minimum atomic E-state index is 0.0561. The number of amides is 1. The normalized spacial score (nSPS) is 22.1. The lowest BCUT2D eigenvalue weighted by molar-refractivity contribution is 0.0890. The summed E-state index contributed by atoms with van der Waals surface area (Å²) in [6.45, 7) is 6.55. The second kappa shape index (κ2) is 6.97. The summed E-state index contributed by atoms with van der Waals surface area (Å²) in [7, 11) is 1.86. The number of benzene rings is 1. The second-order valence-corrected chi connectivity index (χ2v) is 6.57. The molecule has 21 heavy (non-hydrogen) atoms. The van der Waals surface area contributed by atoms with Crippen LogP contribution in [0.4, 0.5) is 5.69 Å². The van der Waals surface area contributed by atoms with E-state index in [4.69, 9.17) is 0 Å². The molecule has 3 heteroatoms. The van der Waals surface area contributed by atoms with E-state index in [1.807, 2.05) is 32.2 Å². The third kappa shape index (κ3) is 3.78. The standard InChI is InChI=1S/C18H28N2O/c1-12(2)14-7-5-6-8-17(14)20-18(21)15-11-13(3)9-10-16(15)19-4/h9-12,14,17,19H,5-8H2,1-4H3,(H,20,21). The lowest BCUT2D eigenvalue weighted by Crippen LogP contribution is -2.44. The van der Waals surface area contributed by atoms with E-state index in [2.05, 4.69) is 24.5 Å². The van der Waals surface area contributed by atoms with Crippen molar-refractivity contribution in [1.82, 2.24) is 5.32 Å². The van der Waals surface area contributed by atoms with Gasteiger partial charge < -0.3 is 10.6 Å². The number of hydrogen-bond acceptors (Lipinski definition) is 2. The minimum absolute atomic E-state index is 0.0561. The summed E-state index contributed by atoms with van der Waals surface area (Å²) in [6, 6.07) is 6.29. The fourth-order valence-corrected chi connectivity index (χ4v) is 3.45. The maximum absolute atomic E-state index is 12.7. The summed E-state index contributed by atoms with van der Waals surface area (Å²) in [5.74, 6) is 1.28. The first-order chi connectivity index (χ1) is 10.0. The molecular weight excluding hydrogens is 260 g/mol. The van der Waals surface area contributed by atoms with Gasteiger partial charge in [0, 0.05) is 18.8 Å². The Bertz CT molecular complexity index is 496. The highest BCUT2D eigenvalue weighted by molar-refractivity contribution is 6.00. The fourth-order valence-electron chi connectivity index (χ4n) is 3.45. The molecule has 1 fully saturated rings. The van der Waals surface area contributed by atoms with Gasteiger partial charge >= 0.3 is 0 Å². The Balaban J connectivity index is 2.15. The molecule has 2 rings (SSSR count). The largest absolute Gasteiger partial charge is 0.387 e. The molecule has 116 valence electrons. The molecule has 1 saturated carbocycles. The lowest BCUT2D eigenvalue weighted by atomic mass is 9.77. The molecule has 0 spiro atoms. The van der Waals surface area contributed by atoms with Crippen LogP contribution in [0.25, 0.3) is 0 Å². The third-order valence-corrected chi connectivity index (χ3v) is 4.68. The molecule has 1 aliphatic rings. The Morgan fingerprint density at radius 1 is 1.24 bits per heavy atom. The van der Waals surface area contributed by atoms with Crippen molar-refractivity contribution in [3.63, 3.8) is 0 Å². The summed E-state index contributed by atoms with van der Waals surface area (Å²) >= 11 is 0. The topological polar surface area (TPSA) is 41.1 Å². The summed E-state index contributed by atoms with van der Waals surface area (Å²) in [4.78, 5) is 12.7. The summed E-state index contributed by atoms with van der Waals surface area (Å²) in [5.41, 5.74) is 2.77. The first kappa shape index (κ1) is 15.9. The summed E-state index contributed by atoms with van der Waals surface area (Å²) in [5, 5.41) is 6.40. The second-order valence-electron chi connectivity index (χ2n) is 6.57. The van der Waals surface area contributed by atoms with E-state index in [9.17, 15) is 4.79 Å². The predicted octanol–water partition coefficient (Wildman–Crippen LogP) is 3.98. The van der Waals surface area contributed by atoms with Crippen LogP contribution in [0.5, 0.6) is 0 Å². The van der Waals surface area contributed by atoms with Crippen LogP contribution >= 0.6 is 0 Å². The van der Waals surface area contributed by atoms with Crippen LogP contribution in [0.3, 0.4) is 0 Å². The zero-order valence-electron chi connectivity index (χ0n) is 13.7. The lowest BCUT2D eigenvalue weighted by Gasteiger charge is -2.35. The van der Waals surface area contributed by atoms with E-state index in [1.165, 1.54) is 19.3 Å². The van der Waals surface area contributed by atoms with Gasteiger partial charge in [-0.15, -0.1) is 0 Å². The molecule has 0 heterocycles. The van der Waals surface area contributed by atoms with Crippen LogP contribution < -0.4 is 10.6 Å². The predicted molar refractivity (Wildman–Crippen MR) is 88.8 cm³/mol. The van der Waals surface area contributed by atoms with Gasteiger partial charge in [-0.05, 0) is 43.7 Å². The average Bonchev–Trinajstić information content (AvgIpc) is 2.47. The van der Waals surface area contributed by atoms with Gasteiger partial charge in [0.15, 0.2) is 0 Å². The molecule has 1 aromatic rings. The number of anilines is 1. The Morgan fingerprint density at radius 2 is 1.95 bits per heavy atom. The molecule has 1 amide bonds.